The van der Waals surface area contributed by atoms with Crippen LogP contribution in [0, 0.1) is 0 Å². The van der Waals surface area contributed by atoms with Gasteiger partial charge in [-0.1, -0.05) is 109 Å². The largest absolute Gasteiger partial charge is 0.405 e. The van der Waals surface area contributed by atoms with Crippen LogP contribution in [0.2, 0.25) is 5.04 Å². The number of halogens is 1. The molecule has 2 aliphatic rings. The molecule has 2 aliphatic heterocycles. The molecular weight excluding hydrogens is 548 g/mol. The second-order valence-electron chi connectivity index (χ2n) is 11.4. The smallest absolute Gasteiger partial charge is 0.261 e. The number of hydrogen-bond donors (Lipinski definition) is 1. The molecule has 1 unspecified atom stereocenters. The van der Waals surface area contributed by atoms with Crippen LogP contribution >= 0.6 is 15.9 Å². The van der Waals surface area contributed by atoms with Crippen molar-refractivity contribution >= 4 is 34.6 Å². The normalized spacial score (nSPS) is 27.3. The SMILES string of the molecule is CC1(C)O[C@H]2[C@@H](O1)C(O)(c1cccc(Br)c1)O[C@@H]2CO[Si](c1ccccc1)(c1ccccc1)C(C)(C)C. The van der Waals surface area contributed by atoms with E-state index < -0.39 is 38.2 Å². The van der Waals surface area contributed by atoms with E-state index in [1.165, 1.54) is 10.4 Å². The van der Waals surface area contributed by atoms with Crippen LogP contribution in [0.3, 0.4) is 0 Å². The third-order valence-electron chi connectivity index (χ3n) is 7.33. The second-order valence-corrected chi connectivity index (χ2v) is 16.6. The number of hydrogen-bond acceptors (Lipinski definition) is 5. The number of benzene rings is 3. The molecule has 0 bridgehead atoms. The Hall–Kier alpha value is -1.84. The predicted molar refractivity (Wildman–Crippen MR) is 150 cm³/mol. The van der Waals surface area contributed by atoms with E-state index >= 15 is 0 Å². The Bertz CT molecular complexity index is 1190. The molecule has 0 aliphatic carbocycles. The van der Waals surface area contributed by atoms with Gasteiger partial charge < -0.3 is 23.7 Å². The summed E-state index contributed by atoms with van der Waals surface area (Å²) in [5, 5.41) is 14.1. The Labute approximate surface area is 229 Å². The van der Waals surface area contributed by atoms with Gasteiger partial charge in [-0.3, -0.25) is 0 Å². The summed E-state index contributed by atoms with van der Waals surface area (Å²) in [6.45, 7) is 10.7. The standard InChI is InChI=1S/C30H35BrO5Si/c1-28(2,3)37(23-15-8-6-9-16-23,24-17-10-7-11-18-24)33-20-25-26-27(36-29(4,5)35-26)30(32,34-25)21-13-12-14-22(31)19-21/h6-19,25-27,32H,20H2,1-5H3/t25-,26-,27-,30?/m1/s1. The maximum Gasteiger partial charge on any atom is 0.261 e. The highest BCUT2D eigenvalue weighted by atomic mass is 79.9. The van der Waals surface area contributed by atoms with Crippen molar-refractivity contribution in [3.8, 4) is 0 Å². The van der Waals surface area contributed by atoms with Gasteiger partial charge in [-0.25, -0.2) is 0 Å². The average Bonchev–Trinajstić information content (AvgIpc) is 3.32. The fourth-order valence-corrected chi connectivity index (χ4v) is 10.7. The van der Waals surface area contributed by atoms with Crippen LogP contribution in [0.1, 0.15) is 40.2 Å². The zero-order valence-electron chi connectivity index (χ0n) is 22.0. The third kappa shape index (κ3) is 4.76. The van der Waals surface area contributed by atoms with E-state index in [2.05, 4.69) is 85.2 Å². The molecule has 0 spiro atoms. The molecular formula is C30H35BrO5Si. The van der Waals surface area contributed by atoms with Crippen molar-refractivity contribution in [2.45, 2.75) is 69.5 Å². The number of fused-ring (bicyclic) bond motifs is 1. The fraction of sp³-hybridized carbons (Fsp3) is 0.400. The van der Waals surface area contributed by atoms with Crippen LogP contribution in [0.25, 0.3) is 0 Å². The summed E-state index contributed by atoms with van der Waals surface area (Å²) >= 11 is 3.52. The number of ether oxygens (including phenoxy) is 3. The van der Waals surface area contributed by atoms with Gasteiger partial charge in [0.2, 0.25) is 5.79 Å². The molecule has 3 aromatic carbocycles. The molecule has 3 aromatic rings. The molecule has 0 saturated carbocycles. The maximum atomic E-state index is 11.9. The second kappa shape index (κ2) is 9.72. The van der Waals surface area contributed by atoms with Crippen LogP contribution in [0.5, 0.6) is 0 Å². The van der Waals surface area contributed by atoms with E-state index in [1.54, 1.807) is 0 Å². The van der Waals surface area contributed by atoms with E-state index in [9.17, 15) is 5.11 Å². The van der Waals surface area contributed by atoms with E-state index in [0.29, 0.717) is 5.56 Å². The molecule has 5 nitrogen and oxygen atoms in total. The van der Waals surface area contributed by atoms with Crippen molar-refractivity contribution in [2.24, 2.45) is 0 Å². The van der Waals surface area contributed by atoms with Crippen LogP contribution in [-0.4, -0.2) is 44.1 Å². The lowest BCUT2D eigenvalue weighted by molar-refractivity contribution is -0.283. The van der Waals surface area contributed by atoms with E-state index in [4.69, 9.17) is 18.6 Å². The van der Waals surface area contributed by atoms with Gasteiger partial charge in [0.05, 0.1) is 6.61 Å². The third-order valence-corrected chi connectivity index (χ3v) is 12.8. The van der Waals surface area contributed by atoms with Crippen molar-refractivity contribution in [2.75, 3.05) is 6.61 Å². The minimum Gasteiger partial charge on any atom is -0.405 e. The molecule has 5 rings (SSSR count). The Balaban J connectivity index is 1.54. The van der Waals surface area contributed by atoms with Crippen molar-refractivity contribution in [1.29, 1.82) is 0 Å². The Morgan fingerprint density at radius 2 is 1.46 bits per heavy atom. The van der Waals surface area contributed by atoms with E-state index in [1.807, 2.05) is 50.2 Å². The molecule has 2 heterocycles. The molecule has 2 fully saturated rings. The molecule has 7 heteroatoms. The summed E-state index contributed by atoms with van der Waals surface area (Å²) < 4.78 is 26.9. The van der Waals surface area contributed by atoms with E-state index in [-0.39, 0.29) is 11.6 Å². The summed E-state index contributed by atoms with van der Waals surface area (Å²) in [7, 11) is -2.80. The van der Waals surface area contributed by atoms with Gasteiger partial charge in [-0.2, -0.15) is 0 Å². The highest BCUT2D eigenvalue weighted by Crippen LogP contribution is 2.48. The molecule has 37 heavy (non-hydrogen) atoms. The number of rotatable bonds is 6. The lowest BCUT2D eigenvalue weighted by Gasteiger charge is -2.43. The number of aliphatic hydroxyl groups is 1. The molecule has 0 aromatic heterocycles. The summed E-state index contributed by atoms with van der Waals surface area (Å²) in [6.07, 6.45) is -1.71. The Morgan fingerprint density at radius 1 is 0.865 bits per heavy atom. The van der Waals surface area contributed by atoms with Crippen molar-refractivity contribution in [3.05, 3.63) is 95.0 Å². The average molecular weight is 584 g/mol. The summed E-state index contributed by atoms with van der Waals surface area (Å²) in [4.78, 5) is 0. The summed E-state index contributed by atoms with van der Waals surface area (Å²) in [5.74, 6) is -2.52. The lowest BCUT2D eigenvalue weighted by Crippen LogP contribution is -2.67. The van der Waals surface area contributed by atoms with Crippen molar-refractivity contribution < 1.29 is 23.7 Å². The van der Waals surface area contributed by atoms with Crippen molar-refractivity contribution in [3.63, 3.8) is 0 Å². The summed E-state index contributed by atoms with van der Waals surface area (Å²) in [6, 6.07) is 28.5. The van der Waals surface area contributed by atoms with Gasteiger partial charge in [0.15, 0.2) is 5.79 Å². The fourth-order valence-electron chi connectivity index (χ4n) is 5.77. The van der Waals surface area contributed by atoms with Gasteiger partial charge >= 0.3 is 0 Å². The molecule has 4 atom stereocenters. The Kier molecular flexibility index (Phi) is 7.03. The predicted octanol–water partition coefficient (Wildman–Crippen LogP) is 5.09. The molecule has 2 saturated heterocycles. The van der Waals surface area contributed by atoms with E-state index in [0.717, 1.165) is 4.47 Å². The first kappa shape index (κ1) is 26.8. The lowest BCUT2D eigenvalue weighted by atomic mass is 9.98. The van der Waals surface area contributed by atoms with Crippen LogP contribution in [0.4, 0.5) is 0 Å². The quantitative estimate of drug-likeness (QED) is 0.410. The van der Waals surface area contributed by atoms with Crippen LogP contribution in [0.15, 0.2) is 89.4 Å². The first-order valence-corrected chi connectivity index (χ1v) is 15.4. The maximum absolute atomic E-state index is 11.9. The van der Waals surface area contributed by atoms with Gasteiger partial charge in [-0.05, 0) is 41.4 Å². The molecule has 0 radical (unpaired) electrons. The Morgan fingerprint density at radius 3 is 2.00 bits per heavy atom. The molecule has 196 valence electrons. The zero-order valence-corrected chi connectivity index (χ0v) is 24.6. The van der Waals surface area contributed by atoms with Gasteiger partial charge in [0.25, 0.3) is 8.32 Å². The minimum atomic E-state index is -2.80. The monoisotopic (exact) mass is 582 g/mol. The highest BCUT2D eigenvalue weighted by molar-refractivity contribution is 9.10. The minimum absolute atomic E-state index is 0.180. The summed E-state index contributed by atoms with van der Waals surface area (Å²) in [5.41, 5.74) is 0.617. The highest BCUT2D eigenvalue weighted by Gasteiger charge is 2.64. The first-order valence-electron chi connectivity index (χ1n) is 12.7. The van der Waals surface area contributed by atoms with Gasteiger partial charge in [0, 0.05) is 10.0 Å². The van der Waals surface area contributed by atoms with Crippen molar-refractivity contribution in [1.82, 2.24) is 0 Å². The van der Waals surface area contributed by atoms with Crippen LogP contribution in [-0.2, 0) is 24.4 Å². The van der Waals surface area contributed by atoms with Crippen LogP contribution < -0.4 is 10.4 Å². The molecule has 0 amide bonds. The topological polar surface area (TPSA) is 57.2 Å². The van der Waals surface area contributed by atoms with Gasteiger partial charge in [0.1, 0.15) is 18.3 Å². The zero-order chi connectivity index (χ0) is 26.5. The molecule has 1 N–H and O–H groups in total. The first-order chi connectivity index (χ1) is 17.5. The van der Waals surface area contributed by atoms with Gasteiger partial charge in [-0.15, -0.1) is 0 Å².